The SMILES string of the molecule is CC(C)COC(=O)OCC1CC1. The lowest BCUT2D eigenvalue weighted by Gasteiger charge is -2.06. The molecule has 12 heavy (non-hydrogen) atoms. The predicted molar refractivity (Wildman–Crippen MR) is 44.9 cm³/mol. The Balaban J connectivity index is 1.95. The molecule has 0 atom stereocenters. The molecule has 3 nitrogen and oxygen atoms in total. The number of carbonyl (C=O) groups excluding carboxylic acids is 1. The van der Waals surface area contributed by atoms with E-state index in [-0.39, 0.29) is 0 Å². The van der Waals surface area contributed by atoms with E-state index in [1.165, 1.54) is 12.8 Å². The summed E-state index contributed by atoms with van der Waals surface area (Å²) in [5.74, 6) is 0.982. The van der Waals surface area contributed by atoms with Gasteiger partial charge < -0.3 is 9.47 Å². The van der Waals surface area contributed by atoms with Gasteiger partial charge >= 0.3 is 6.16 Å². The van der Waals surface area contributed by atoms with Crippen molar-refractivity contribution in [3.63, 3.8) is 0 Å². The molecule has 0 aromatic carbocycles. The van der Waals surface area contributed by atoms with Gasteiger partial charge in [-0.2, -0.15) is 0 Å². The zero-order valence-electron chi connectivity index (χ0n) is 7.71. The predicted octanol–water partition coefficient (Wildman–Crippen LogP) is 2.21. The monoisotopic (exact) mass is 172 g/mol. The molecular weight excluding hydrogens is 156 g/mol. The van der Waals surface area contributed by atoms with Crippen LogP contribution < -0.4 is 0 Å². The van der Waals surface area contributed by atoms with Gasteiger partial charge in [0, 0.05) is 0 Å². The van der Waals surface area contributed by atoms with Crippen molar-refractivity contribution in [1.29, 1.82) is 0 Å². The summed E-state index contributed by atoms with van der Waals surface area (Å²) in [6, 6.07) is 0. The van der Waals surface area contributed by atoms with Crippen LogP contribution in [0.2, 0.25) is 0 Å². The van der Waals surface area contributed by atoms with E-state index in [4.69, 9.17) is 9.47 Å². The zero-order chi connectivity index (χ0) is 8.97. The van der Waals surface area contributed by atoms with Crippen molar-refractivity contribution in [3.8, 4) is 0 Å². The van der Waals surface area contributed by atoms with E-state index in [2.05, 4.69) is 0 Å². The van der Waals surface area contributed by atoms with Crippen LogP contribution in [0.5, 0.6) is 0 Å². The van der Waals surface area contributed by atoms with Crippen LogP contribution in [0.3, 0.4) is 0 Å². The van der Waals surface area contributed by atoms with Crippen LogP contribution in [0.4, 0.5) is 4.79 Å². The van der Waals surface area contributed by atoms with Gasteiger partial charge in [0.05, 0.1) is 13.2 Å². The molecule has 1 aliphatic rings. The van der Waals surface area contributed by atoms with Gasteiger partial charge in [-0.05, 0) is 24.7 Å². The minimum absolute atomic E-state index is 0.374. The molecule has 0 radical (unpaired) electrons. The highest BCUT2D eigenvalue weighted by molar-refractivity contribution is 5.59. The highest BCUT2D eigenvalue weighted by Gasteiger charge is 2.23. The van der Waals surface area contributed by atoms with E-state index < -0.39 is 6.16 Å². The van der Waals surface area contributed by atoms with E-state index in [9.17, 15) is 4.79 Å². The Morgan fingerprint density at radius 3 is 2.58 bits per heavy atom. The van der Waals surface area contributed by atoms with E-state index in [0.29, 0.717) is 25.0 Å². The summed E-state index contributed by atoms with van der Waals surface area (Å²) in [6.07, 6.45) is 1.87. The van der Waals surface area contributed by atoms with Crippen molar-refractivity contribution in [3.05, 3.63) is 0 Å². The molecule has 1 rings (SSSR count). The van der Waals surface area contributed by atoms with Gasteiger partial charge in [-0.3, -0.25) is 0 Å². The van der Waals surface area contributed by atoms with Crippen molar-refractivity contribution < 1.29 is 14.3 Å². The third-order valence-corrected chi connectivity index (χ3v) is 1.67. The van der Waals surface area contributed by atoms with Gasteiger partial charge in [-0.15, -0.1) is 0 Å². The van der Waals surface area contributed by atoms with Gasteiger partial charge in [-0.1, -0.05) is 13.8 Å². The molecule has 0 saturated heterocycles. The maximum Gasteiger partial charge on any atom is 0.508 e. The van der Waals surface area contributed by atoms with Crippen LogP contribution >= 0.6 is 0 Å². The van der Waals surface area contributed by atoms with Crippen LogP contribution in [0.1, 0.15) is 26.7 Å². The van der Waals surface area contributed by atoms with Crippen molar-refractivity contribution in [1.82, 2.24) is 0 Å². The minimum atomic E-state index is -0.518. The average molecular weight is 172 g/mol. The first-order valence-corrected chi connectivity index (χ1v) is 4.48. The number of ether oxygens (including phenoxy) is 2. The number of hydrogen-bond donors (Lipinski definition) is 0. The lowest BCUT2D eigenvalue weighted by Crippen LogP contribution is -2.12. The lowest BCUT2D eigenvalue weighted by atomic mass is 10.2. The van der Waals surface area contributed by atoms with Crippen LogP contribution in [-0.4, -0.2) is 19.4 Å². The number of rotatable bonds is 4. The molecule has 1 saturated carbocycles. The smallest absolute Gasteiger partial charge is 0.434 e. The third kappa shape index (κ3) is 4.21. The molecule has 1 fully saturated rings. The van der Waals surface area contributed by atoms with E-state index in [1.54, 1.807) is 0 Å². The molecular formula is C9H16O3. The highest BCUT2D eigenvalue weighted by Crippen LogP contribution is 2.28. The maximum atomic E-state index is 10.8. The first kappa shape index (κ1) is 9.36. The standard InChI is InChI=1S/C9H16O3/c1-7(2)5-11-9(10)12-6-8-3-4-8/h7-8H,3-6H2,1-2H3. The largest absolute Gasteiger partial charge is 0.508 e. The van der Waals surface area contributed by atoms with Crippen molar-refractivity contribution in [2.75, 3.05) is 13.2 Å². The fraction of sp³-hybridized carbons (Fsp3) is 0.889. The van der Waals surface area contributed by atoms with Crippen LogP contribution in [0.15, 0.2) is 0 Å². The zero-order valence-corrected chi connectivity index (χ0v) is 7.71. The van der Waals surface area contributed by atoms with E-state index in [0.717, 1.165) is 0 Å². The first-order chi connectivity index (χ1) is 5.68. The van der Waals surface area contributed by atoms with Gasteiger partial charge in [0.2, 0.25) is 0 Å². The van der Waals surface area contributed by atoms with Crippen molar-refractivity contribution in [2.24, 2.45) is 11.8 Å². The second-order valence-electron chi connectivity index (χ2n) is 3.71. The quantitative estimate of drug-likeness (QED) is 0.610. The fourth-order valence-electron chi connectivity index (χ4n) is 0.747. The summed E-state index contributed by atoms with van der Waals surface area (Å²) in [6.45, 7) is 4.97. The molecule has 1 aliphatic carbocycles. The van der Waals surface area contributed by atoms with E-state index >= 15 is 0 Å². The summed E-state index contributed by atoms with van der Waals surface area (Å²) in [4.78, 5) is 10.8. The molecule has 0 amide bonds. The van der Waals surface area contributed by atoms with Crippen LogP contribution in [-0.2, 0) is 9.47 Å². The Morgan fingerprint density at radius 2 is 2.08 bits per heavy atom. The van der Waals surface area contributed by atoms with Crippen molar-refractivity contribution >= 4 is 6.16 Å². The highest BCUT2D eigenvalue weighted by atomic mass is 16.7. The lowest BCUT2D eigenvalue weighted by molar-refractivity contribution is 0.0446. The fourth-order valence-corrected chi connectivity index (χ4v) is 0.747. The van der Waals surface area contributed by atoms with Gasteiger partial charge in [-0.25, -0.2) is 4.79 Å². The molecule has 3 heteroatoms. The Hall–Kier alpha value is -0.730. The molecule has 0 bridgehead atoms. The second kappa shape index (κ2) is 4.33. The minimum Gasteiger partial charge on any atom is -0.434 e. The van der Waals surface area contributed by atoms with Gasteiger partial charge in [0.25, 0.3) is 0 Å². The molecule has 0 aliphatic heterocycles. The number of carbonyl (C=O) groups is 1. The van der Waals surface area contributed by atoms with Crippen molar-refractivity contribution in [2.45, 2.75) is 26.7 Å². The maximum absolute atomic E-state index is 10.8. The van der Waals surface area contributed by atoms with Crippen LogP contribution in [0, 0.1) is 11.8 Å². The number of hydrogen-bond acceptors (Lipinski definition) is 3. The van der Waals surface area contributed by atoms with Gasteiger partial charge in [0.15, 0.2) is 0 Å². The molecule has 70 valence electrons. The Bertz CT molecular complexity index is 142. The van der Waals surface area contributed by atoms with E-state index in [1.807, 2.05) is 13.8 Å². The summed E-state index contributed by atoms with van der Waals surface area (Å²) in [5, 5.41) is 0. The molecule has 0 N–H and O–H groups in total. The average Bonchev–Trinajstić information content (AvgIpc) is 2.80. The van der Waals surface area contributed by atoms with Gasteiger partial charge in [0.1, 0.15) is 0 Å². The summed E-state index contributed by atoms with van der Waals surface area (Å²) < 4.78 is 9.68. The van der Waals surface area contributed by atoms with Crippen LogP contribution in [0.25, 0.3) is 0 Å². The molecule has 0 spiro atoms. The second-order valence-corrected chi connectivity index (χ2v) is 3.71. The summed E-state index contributed by atoms with van der Waals surface area (Å²) >= 11 is 0. The first-order valence-electron chi connectivity index (χ1n) is 4.48. The summed E-state index contributed by atoms with van der Waals surface area (Å²) in [5.41, 5.74) is 0. The molecule has 0 aromatic heterocycles. The molecule has 0 aromatic rings. The molecule has 0 heterocycles. The molecule has 0 unspecified atom stereocenters. The Labute approximate surface area is 73.0 Å². The third-order valence-electron chi connectivity index (χ3n) is 1.67. The Morgan fingerprint density at radius 1 is 1.42 bits per heavy atom. The summed E-state index contributed by atoms with van der Waals surface area (Å²) in [7, 11) is 0. The normalized spacial score (nSPS) is 16.2. The Kier molecular flexibility index (Phi) is 3.38. The topological polar surface area (TPSA) is 35.5 Å².